The molecule has 1 N–H and O–H groups in total. The molecule has 170 valence electrons. The molecule has 8 heteroatoms. The molecule has 2 aromatic rings. The van der Waals surface area contributed by atoms with Gasteiger partial charge in [-0.15, -0.1) is 24.0 Å². The largest absolute Gasteiger partial charge is 0.496 e. The van der Waals surface area contributed by atoms with Crippen molar-refractivity contribution in [3.05, 3.63) is 53.7 Å². The molecule has 1 aromatic heterocycles. The van der Waals surface area contributed by atoms with Crippen molar-refractivity contribution in [2.75, 3.05) is 58.8 Å². The first kappa shape index (κ1) is 25.2. The molecular formula is C23H35IN6O. The number of ether oxygens (including phenoxy) is 1. The summed E-state index contributed by atoms with van der Waals surface area (Å²) in [6.07, 6.45) is 1.95. The standard InChI is InChI=1S/C23H34N6O.HI/c1-5-24-23(28(3)18-20-8-6-7-9-21(20)30-4)26-17-19-10-11-22(25-16-19)29-14-12-27(2)13-15-29;/h6-11,16H,5,12-15,17-18H2,1-4H3,(H,24,26);1H. The second-order valence-electron chi connectivity index (χ2n) is 7.65. The Hall–Kier alpha value is -2.07. The number of nitrogens with zero attached hydrogens (tertiary/aromatic N) is 5. The number of guanidine groups is 1. The number of para-hydroxylation sites is 1. The van der Waals surface area contributed by atoms with E-state index in [1.54, 1.807) is 7.11 Å². The highest BCUT2D eigenvalue weighted by Crippen LogP contribution is 2.19. The topological polar surface area (TPSA) is 56.2 Å². The molecule has 2 heterocycles. The summed E-state index contributed by atoms with van der Waals surface area (Å²) in [6, 6.07) is 12.3. The van der Waals surface area contributed by atoms with Crippen LogP contribution in [-0.2, 0) is 13.1 Å². The van der Waals surface area contributed by atoms with Crippen molar-refractivity contribution in [3.8, 4) is 5.75 Å². The second-order valence-corrected chi connectivity index (χ2v) is 7.65. The van der Waals surface area contributed by atoms with Crippen LogP contribution in [0.5, 0.6) is 5.75 Å². The summed E-state index contributed by atoms with van der Waals surface area (Å²) in [5.41, 5.74) is 2.24. The fourth-order valence-corrected chi connectivity index (χ4v) is 3.53. The van der Waals surface area contributed by atoms with Crippen molar-refractivity contribution in [2.45, 2.75) is 20.0 Å². The van der Waals surface area contributed by atoms with Gasteiger partial charge in [0.2, 0.25) is 0 Å². The van der Waals surface area contributed by atoms with Gasteiger partial charge in [0.25, 0.3) is 0 Å². The number of nitrogens with one attached hydrogen (secondary N) is 1. The van der Waals surface area contributed by atoms with Gasteiger partial charge in [0.05, 0.1) is 13.7 Å². The lowest BCUT2D eigenvalue weighted by Gasteiger charge is -2.33. The Balaban J connectivity index is 0.00000341. The third-order valence-electron chi connectivity index (χ3n) is 5.34. The number of hydrogen-bond acceptors (Lipinski definition) is 5. The van der Waals surface area contributed by atoms with E-state index in [1.807, 2.05) is 31.4 Å². The zero-order chi connectivity index (χ0) is 21.3. The molecule has 1 aromatic carbocycles. The van der Waals surface area contributed by atoms with Crippen molar-refractivity contribution < 1.29 is 4.74 Å². The van der Waals surface area contributed by atoms with Gasteiger partial charge in [-0.1, -0.05) is 24.3 Å². The number of halogens is 1. The van der Waals surface area contributed by atoms with Crippen molar-refractivity contribution in [1.82, 2.24) is 20.1 Å². The van der Waals surface area contributed by atoms with Gasteiger partial charge in [0.15, 0.2) is 5.96 Å². The van der Waals surface area contributed by atoms with Gasteiger partial charge in [-0.2, -0.15) is 0 Å². The third-order valence-corrected chi connectivity index (χ3v) is 5.34. The van der Waals surface area contributed by atoms with Crippen LogP contribution in [0, 0.1) is 0 Å². The second kappa shape index (κ2) is 12.7. The highest BCUT2D eigenvalue weighted by Gasteiger charge is 2.15. The zero-order valence-electron chi connectivity index (χ0n) is 19.0. The summed E-state index contributed by atoms with van der Waals surface area (Å²) in [4.78, 5) is 16.3. The summed E-state index contributed by atoms with van der Waals surface area (Å²) in [5.74, 6) is 2.81. The van der Waals surface area contributed by atoms with E-state index in [1.165, 1.54) is 0 Å². The number of hydrogen-bond donors (Lipinski definition) is 1. The first-order chi connectivity index (χ1) is 14.6. The van der Waals surface area contributed by atoms with Gasteiger partial charge in [0, 0.05) is 58.1 Å². The van der Waals surface area contributed by atoms with E-state index in [9.17, 15) is 0 Å². The number of rotatable bonds is 7. The highest BCUT2D eigenvalue weighted by molar-refractivity contribution is 14.0. The number of benzene rings is 1. The van der Waals surface area contributed by atoms with Crippen LogP contribution in [0.4, 0.5) is 5.82 Å². The molecule has 1 fully saturated rings. The van der Waals surface area contributed by atoms with Gasteiger partial charge in [0.1, 0.15) is 11.6 Å². The van der Waals surface area contributed by atoms with Crippen molar-refractivity contribution in [3.63, 3.8) is 0 Å². The average molecular weight is 538 g/mol. The normalized spacial score (nSPS) is 14.7. The van der Waals surface area contributed by atoms with E-state index < -0.39 is 0 Å². The molecule has 0 amide bonds. The minimum Gasteiger partial charge on any atom is -0.496 e. The Kier molecular flexibility index (Phi) is 10.3. The third kappa shape index (κ3) is 7.24. The predicted molar refractivity (Wildman–Crippen MR) is 139 cm³/mol. The monoisotopic (exact) mass is 538 g/mol. The van der Waals surface area contributed by atoms with Gasteiger partial charge in [-0.3, -0.25) is 0 Å². The molecule has 1 saturated heterocycles. The molecule has 1 aliphatic heterocycles. The van der Waals surface area contributed by atoms with Gasteiger partial charge >= 0.3 is 0 Å². The minimum atomic E-state index is 0. The average Bonchev–Trinajstić information content (AvgIpc) is 2.78. The fourth-order valence-electron chi connectivity index (χ4n) is 3.53. The summed E-state index contributed by atoms with van der Waals surface area (Å²) >= 11 is 0. The Bertz CT molecular complexity index is 821. The van der Waals surface area contributed by atoms with Gasteiger partial charge in [-0.05, 0) is 31.7 Å². The van der Waals surface area contributed by atoms with Crippen molar-refractivity contribution in [2.24, 2.45) is 4.99 Å². The molecular weight excluding hydrogens is 503 g/mol. The van der Waals surface area contributed by atoms with Crippen molar-refractivity contribution in [1.29, 1.82) is 0 Å². The fraction of sp³-hybridized carbons (Fsp3) is 0.478. The number of likely N-dealkylation sites (N-methyl/N-ethyl adjacent to an activating group) is 1. The molecule has 0 aliphatic carbocycles. The number of methoxy groups -OCH3 is 1. The van der Waals surface area contributed by atoms with Crippen LogP contribution in [0.15, 0.2) is 47.6 Å². The molecule has 0 spiro atoms. The number of aliphatic imine (C=N–C) groups is 1. The summed E-state index contributed by atoms with van der Waals surface area (Å²) in [5, 5.41) is 3.38. The molecule has 1 aliphatic rings. The number of pyridine rings is 1. The lowest BCUT2D eigenvalue weighted by Crippen LogP contribution is -2.44. The first-order valence-electron chi connectivity index (χ1n) is 10.6. The van der Waals surface area contributed by atoms with Crippen LogP contribution in [0.2, 0.25) is 0 Å². The lowest BCUT2D eigenvalue weighted by atomic mass is 10.2. The zero-order valence-corrected chi connectivity index (χ0v) is 21.4. The molecule has 0 bridgehead atoms. The van der Waals surface area contributed by atoms with Gasteiger partial charge < -0.3 is 24.8 Å². The smallest absolute Gasteiger partial charge is 0.194 e. The van der Waals surface area contributed by atoms with Crippen LogP contribution >= 0.6 is 24.0 Å². The van der Waals surface area contributed by atoms with E-state index in [2.05, 4.69) is 57.2 Å². The van der Waals surface area contributed by atoms with E-state index in [4.69, 9.17) is 9.73 Å². The Labute approximate surface area is 203 Å². The van der Waals surface area contributed by atoms with Crippen LogP contribution < -0.4 is 15.0 Å². The molecule has 31 heavy (non-hydrogen) atoms. The SMILES string of the molecule is CCNC(=NCc1ccc(N2CCN(C)CC2)nc1)N(C)Cc1ccccc1OC.I. The van der Waals surface area contributed by atoms with Crippen LogP contribution in [0.25, 0.3) is 0 Å². The Morgan fingerprint density at radius 2 is 1.90 bits per heavy atom. The van der Waals surface area contributed by atoms with E-state index in [-0.39, 0.29) is 24.0 Å². The van der Waals surface area contributed by atoms with E-state index >= 15 is 0 Å². The summed E-state index contributed by atoms with van der Waals surface area (Å²) in [7, 11) is 5.91. The predicted octanol–water partition coefficient (Wildman–Crippen LogP) is 3.06. The molecule has 0 radical (unpaired) electrons. The lowest BCUT2D eigenvalue weighted by molar-refractivity contribution is 0.312. The maximum absolute atomic E-state index is 5.48. The minimum absolute atomic E-state index is 0. The van der Waals surface area contributed by atoms with Crippen molar-refractivity contribution >= 4 is 35.8 Å². The van der Waals surface area contributed by atoms with Crippen LogP contribution in [0.3, 0.4) is 0 Å². The van der Waals surface area contributed by atoms with E-state index in [0.717, 1.165) is 67.9 Å². The molecule has 0 atom stereocenters. The first-order valence-corrected chi connectivity index (χ1v) is 10.6. The van der Waals surface area contributed by atoms with Crippen LogP contribution in [0.1, 0.15) is 18.1 Å². The number of anilines is 1. The highest BCUT2D eigenvalue weighted by atomic mass is 127. The van der Waals surface area contributed by atoms with Crippen LogP contribution in [-0.4, -0.2) is 74.7 Å². The number of aromatic nitrogens is 1. The van der Waals surface area contributed by atoms with E-state index in [0.29, 0.717) is 6.54 Å². The molecule has 3 rings (SSSR count). The Morgan fingerprint density at radius 3 is 2.55 bits per heavy atom. The summed E-state index contributed by atoms with van der Waals surface area (Å²) < 4.78 is 5.48. The maximum atomic E-state index is 5.48. The molecule has 0 saturated carbocycles. The number of piperazine rings is 1. The maximum Gasteiger partial charge on any atom is 0.194 e. The molecule has 0 unspecified atom stereocenters. The molecule has 7 nitrogen and oxygen atoms in total. The summed E-state index contributed by atoms with van der Waals surface area (Å²) in [6.45, 7) is 8.43. The quantitative estimate of drug-likeness (QED) is 0.333. The van der Waals surface area contributed by atoms with Gasteiger partial charge in [-0.25, -0.2) is 9.98 Å². The Morgan fingerprint density at radius 1 is 1.16 bits per heavy atom.